The monoisotopic (exact) mass is 371 g/mol. The molecule has 2 aromatic carbocycles. The van der Waals surface area contributed by atoms with Gasteiger partial charge in [-0.15, -0.1) is 0 Å². The molecule has 0 amide bonds. The van der Waals surface area contributed by atoms with E-state index in [4.69, 9.17) is 0 Å². The van der Waals surface area contributed by atoms with Crippen molar-refractivity contribution in [1.82, 2.24) is 4.57 Å². The van der Waals surface area contributed by atoms with Gasteiger partial charge in [-0.2, -0.15) is 0 Å². The first-order valence-corrected chi connectivity index (χ1v) is 10.0. The minimum absolute atomic E-state index is 0.00883. The van der Waals surface area contributed by atoms with Crippen LogP contribution in [0.5, 0.6) is 5.75 Å². The van der Waals surface area contributed by atoms with Gasteiger partial charge < -0.3 is 5.11 Å². The van der Waals surface area contributed by atoms with E-state index in [0.717, 1.165) is 35.3 Å². The highest BCUT2D eigenvalue weighted by atomic mass is 16.3. The standard InChI is InChI=1S/C25H25NO2/c1-24(2)18-14-15-25(24,3)22-20(18)21(27)19(16-10-6-4-7-11-16)23(28)26(22)17-12-8-5-9-13-17/h4-13,18,27H,14-15H2,1-3H3. The van der Waals surface area contributed by atoms with Crippen molar-refractivity contribution in [3.05, 3.63) is 82.3 Å². The Hall–Kier alpha value is -2.81. The summed E-state index contributed by atoms with van der Waals surface area (Å²) < 4.78 is 1.87. The molecule has 28 heavy (non-hydrogen) atoms. The number of nitrogens with zero attached hydrogens (tertiary/aromatic N) is 1. The molecule has 2 atom stereocenters. The van der Waals surface area contributed by atoms with Crippen molar-refractivity contribution in [1.29, 1.82) is 0 Å². The number of aromatic hydroxyl groups is 1. The molecule has 1 aromatic heterocycles. The molecule has 0 spiro atoms. The molecule has 0 radical (unpaired) electrons. The fourth-order valence-electron chi connectivity index (χ4n) is 5.67. The molecular formula is C25H25NO2. The van der Waals surface area contributed by atoms with Crippen LogP contribution in [0.15, 0.2) is 65.5 Å². The number of fused-ring (bicyclic) bond motifs is 5. The summed E-state index contributed by atoms with van der Waals surface area (Å²) in [4.78, 5) is 13.8. The van der Waals surface area contributed by atoms with Crippen LogP contribution in [0, 0.1) is 5.41 Å². The first kappa shape index (κ1) is 17.3. The molecule has 3 aromatic rings. The molecule has 142 valence electrons. The van der Waals surface area contributed by atoms with Gasteiger partial charge in [-0.05, 0) is 41.9 Å². The van der Waals surface area contributed by atoms with Gasteiger partial charge >= 0.3 is 0 Å². The van der Waals surface area contributed by atoms with E-state index in [2.05, 4.69) is 20.8 Å². The molecule has 2 aliphatic carbocycles. The van der Waals surface area contributed by atoms with E-state index < -0.39 is 0 Å². The lowest BCUT2D eigenvalue weighted by atomic mass is 9.70. The Morgan fingerprint density at radius 3 is 2.21 bits per heavy atom. The zero-order chi connectivity index (χ0) is 19.7. The van der Waals surface area contributed by atoms with E-state index in [0.29, 0.717) is 5.56 Å². The topological polar surface area (TPSA) is 42.2 Å². The molecule has 3 nitrogen and oxygen atoms in total. The highest BCUT2D eigenvalue weighted by Gasteiger charge is 2.62. The fraction of sp³-hybridized carbons (Fsp3) is 0.320. The Kier molecular flexibility index (Phi) is 3.46. The molecule has 2 aliphatic rings. The van der Waals surface area contributed by atoms with Crippen LogP contribution in [0.25, 0.3) is 16.8 Å². The van der Waals surface area contributed by atoms with Gasteiger partial charge in [0.15, 0.2) is 0 Å². The fourth-order valence-corrected chi connectivity index (χ4v) is 5.67. The van der Waals surface area contributed by atoms with E-state index >= 15 is 0 Å². The molecule has 3 heteroatoms. The van der Waals surface area contributed by atoms with Crippen molar-refractivity contribution in [2.24, 2.45) is 5.41 Å². The summed E-state index contributed by atoms with van der Waals surface area (Å²) in [7, 11) is 0. The Bertz CT molecular complexity index is 1130. The Morgan fingerprint density at radius 2 is 1.57 bits per heavy atom. The lowest BCUT2D eigenvalue weighted by molar-refractivity contribution is 0.224. The Morgan fingerprint density at radius 1 is 0.964 bits per heavy atom. The predicted molar refractivity (Wildman–Crippen MR) is 112 cm³/mol. The van der Waals surface area contributed by atoms with Gasteiger partial charge in [-0.25, -0.2) is 0 Å². The molecule has 5 rings (SSSR count). The van der Waals surface area contributed by atoms with E-state index in [1.54, 1.807) is 0 Å². The van der Waals surface area contributed by atoms with Gasteiger partial charge in [0.2, 0.25) is 0 Å². The summed E-state index contributed by atoms with van der Waals surface area (Å²) in [6.45, 7) is 6.83. The maximum atomic E-state index is 13.8. The summed E-state index contributed by atoms with van der Waals surface area (Å²) in [5.41, 5.74) is 3.73. The van der Waals surface area contributed by atoms with Gasteiger partial charge in [0.1, 0.15) is 5.75 Å². The molecule has 0 aliphatic heterocycles. The molecule has 1 heterocycles. The third kappa shape index (κ3) is 1.97. The van der Waals surface area contributed by atoms with Crippen LogP contribution < -0.4 is 5.56 Å². The zero-order valence-corrected chi connectivity index (χ0v) is 16.6. The van der Waals surface area contributed by atoms with E-state index in [1.807, 2.05) is 65.2 Å². The lowest BCUT2D eigenvalue weighted by Crippen LogP contribution is -2.36. The second-order valence-electron chi connectivity index (χ2n) is 8.97. The average molecular weight is 371 g/mol. The van der Waals surface area contributed by atoms with E-state index in [-0.39, 0.29) is 28.1 Å². The number of para-hydroxylation sites is 1. The van der Waals surface area contributed by atoms with Gasteiger partial charge in [0.05, 0.1) is 5.56 Å². The number of hydrogen-bond acceptors (Lipinski definition) is 2. The highest BCUT2D eigenvalue weighted by molar-refractivity contribution is 5.74. The van der Waals surface area contributed by atoms with Crippen molar-refractivity contribution in [3.63, 3.8) is 0 Å². The smallest absolute Gasteiger partial charge is 0.266 e. The summed E-state index contributed by atoms with van der Waals surface area (Å²) in [5, 5.41) is 11.4. The largest absolute Gasteiger partial charge is 0.507 e. The average Bonchev–Trinajstić information content (AvgIpc) is 3.02. The number of pyridine rings is 1. The van der Waals surface area contributed by atoms with Crippen LogP contribution in [0.4, 0.5) is 0 Å². The maximum absolute atomic E-state index is 13.8. The van der Waals surface area contributed by atoms with Crippen LogP contribution in [0.2, 0.25) is 0 Å². The van der Waals surface area contributed by atoms with Gasteiger partial charge in [-0.1, -0.05) is 69.3 Å². The van der Waals surface area contributed by atoms with Gasteiger partial charge in [-0.3, -0.25) is 9.36 Å². The SMILES string of the molecule is CC12CCC(c3c(O)c(-c4ccccc4)c(=O)n(-c4ccccc4)c31)C2(C)C. The summed E-state index contributed by atoms with van der Waals surface area (Å²) in [6.07, 6.45) is 2.08. The molecule has 1 fully saturated rings. The molecule has 2 unspecified atom stereocenters. The minimum Gasteiger partial charge on any atom is -0.507 e. The number of rotatable bonds is 2. The van der Waals surface area contributed by atoms with Crippen molar-refractivity contribution in [3.8, 4) is 22.6 Å². The normalized spacial score (nSPS) is 24.3. The van der Waals surface area contributed by atoms with Crippen LogP contribution in [-0.4, -0.2) is 9.67 Å². The predicted octanol–water partition coefficient (Wildman–Crippen LogP) is 5.39. The lowest BCUT2D eigenvalue weighted by Gasteiger charge is -2.36. The van der Waals surface area contributed by atoms with Crippen molar-refractivity contribution >= 4 is 0 Å². The second-order valence-corrected chi connectivity index (χ2v) is 8.97. The highest BCUT2D eigenvalue weighted by Crippen LogP contribution is 2.69. The van der Waals surface area contributed by atoms with Crippen molar-refractivity contribution in [2.75, 3.05) is 0 Å². The molecular weight excluding hydrogens is 346 g/mol. The second kappa shape index (κ2) is 5.60. The third-order valence-electron chi connectivity index (χ3n) is 7.56. The quantitative estimate of drug-likeness (QED) is 0.657. The molecule has 1 N–H and O–H groups in total. The van der Waals surface area contributed by atoms with Crippen LogP contribution in [0.1, 0.15) is 50.8 Å². The number of benzene rings is 2. The van der Waals surface area contributed by atoms with E-state index in [9.17, 15) is 9.90 Å². The number of aromatic nitrogens is 1. The molecule has 1 saturated carbocycles. The summed E-state index contributed by atoms with van der Waals surface area (Å²) >= 11 is 0. The summed E-state index contributed by atoms with van der Waals surface area (Å²) in [5.74, 6) is 0.436. The van der Waals surface area contributed by atoms with Gasteiger partial charge in [0, 0.05) is 22.4 Å². The van der Waals surface area contributed by atoms with E-state index in [1.165, 1.54) is 0 Å². The third-order valence-corrected chi connectivity index (χ3v) is 7.56. The molecule has 2 bridgehead atoms. The number of hydrogen-bond donors (Lipinski definition) is 1. The van der Waals surface area contributed by atoms with Crippen molar-refractivity contribution < 1.29 is 5.11 Å². The first-order valence-electron chi connectivity index (χ1n) is 10.0. The Labute approximate surface area is 165 Å². The minimum atomic E-state index is -0.144. The Balaban J connectivity index is 1.95. The van der Waals surface area contributed by atoms with Crippen LogP contribution in [-0.2, 0) is 5.41 Å². The maximum Gasteiger partial charge on any atom is 0.266 e. The molecule has 0 saturated heterocycles. The summed E-state index contributed by atoms with van der Waals surface area (Å²) in [6, 6.07) is 19.4. The van der Waals surface area contributed by atoms with Gasteiger partial charge in [0.25, 0.3) is 5.56 Å². The van der Waals surface area contributed by atoms with Crippen molar-refractivity contribution in [2.45, 2.75) is 44.9 Å². The first-order chi connectivity index (χ1) is 13.4. The van der Waals surface area contributed by atoms with Crippen LogP contribution >= 0.6 is 0 Å². The zero-order valence-electron chi connectivity index (χ0n) is 16.6. The van der Waals surface area contributed by atoms with Crippen LogP contribution in [0.3, 0.4) is 0 Å².